The number of hydrogen-bond donors (Lipinski definition) is 2. The van der Waals surface area contributed by atoms with Crippen molar-refractivity contribution < 1.29 is 22.8 Å². The zero-order valence-electron chi connectivity index (χ0n) is 25.1. The Labute approximate surface area is 265 Å². The number of amides is 2. The Morgan fingerprint density at radius 2 is 1.80 bits per heavy atom. The summed E-state index contributed by atoms with van der Waals surface area (Å²) in [4.78, 5) is 32.4. The van der Waals surface area contributed by atoms with E-state index in [-0.39, 0.29) is 17.0 Å². The number of benzene rings is 2. The third-order valence-corrected chi connectivity index (χ3v) is 9.20. The normalized spacial score (nSPS) is 14.4. The minimum absolute atomic E-state index is 0.118. The Hall–Kier alpha value is -3.25. The van der Waals surface area contributed by atoms with E-state index in [0.717, 1.165) is 79.9 Å². The van der Waals surface area contributed by atoms with E-state index in [1.165, 1.54) is 23.8 Å². The quantitative estimate of drug-likeness (QED) is 0.166. The summed E-state index contributed by atoms with van der Waals surface area (Å²) in [7, 11) is 0. The lowest BCUT2D eigenvalue weighted by atomic mass is 10.1. The molecule has 2 heterocycles. The van der Waals surface area contributed by atoms with E-state index in [9.17, 15) is 22.8 Å². The number of nitrogens with one attached hydrogen (secondary N) is 2. The smallest absolute Gasteiger partial charge is 0.313 e. The minimum atomic E-state index is -4.62. The second-order valence-electron chi connectivity index (χ2n) is 10.7. The van der Waals surface area contributed by atoms with Crippen LogP contribution in [-0.4, -0.2) is 54.0 Å². The van der Waals surface area contributed by atoms with Crippen LogP contribution < -0.4 is 10.7 Å². The largest absolute Gasteiger partial charge is 0.417 e. The first-order chi connectivity index (χ1) is 21.0. The number of likely N-dealkylation sites (tertiary alicyclic amines) is 1. The molecule has 12 heteroatoms. The first-order valence-corrected chi connectivity index (χ1v) is 15.9. The Balaban J connectivity index is 1.58. The van der Waals surface area contributed by atoms with E-state index in [1.54, 1.807) is 6.07 Å². The number of hydrogen-bond acceptors (Lipinski definition) is 6. The van der Waals surface area contributed by atoms with Crippen LogP contribution in [0.15, 0.2) is 47.6 Å². The number of halogens is 4. The van der Waals surface area contributed by atoms with Gasteiger partial charge in [0.1, 0.15) is 5.00 Å². The average molecular weight is 648 g/mol. The fourth-order valence-electron chi connectivity index (χ4n) is 5.15. The SMILES string of the molecule is CCN(CC)Cc1cccc(C(=O)Nc2sc(CN3CCCCC3)c(C)c2C(=O)NN=Cc2ccc(Cl)c(C(F)(F)F)c2)c1. The Bertz CT molecular complexity index is 1500. The molecule has 1 saturated heterocycles. The maximum atomic E-state index is 13.4. The van der Waals surface area contributed by atoms with Crippen LogP contribution in [0, 0.1) is 6.92 Å². The molecule has 1 fully saturated rings. The summed E-state index contributed by atoms with van der Waals surface area (Å²) >= 11 is 7.06. The van der Waals surface area contributed by atoms with Gasteiger partial charge < -0.3 is 5.32 Å². The van der Waals surface area contributed by atoms with Crippen molar-refractivity contribution in [1.29, 1.82) is 0 Å². The second-order valence-corrected chi connectivity index (χ2v) is 12.3. The zero-order chi connectivity index (χ0) is 31.9. The van der Waals surface area contributed by atoms with Crippen molar-refractivity contribution in [2.75, 3.05) is 31.5 Å². The van der Waals surface area contributed by atoms with Gasteiger partial charge in [0, 0.05) is 23.5 Å². The molecule has 4 rings (SSSR count). The minimum Gasteiger partial charge on any atom is -0.313 e. The summed E-state index contributed by atoms with van der Waals surface area (Å²) in [6.45, 7) is 11.1. The molecule has 0 saturated carbocycles. The number of carbonyl (C=O) groups excluding carboxylic acids is 2. The maximum absolute atomic E-state index is 13.4. The fourth-order valence-corrected chi connectivity index (χ4v) is 6.61. The number of anilines is 1. The van der Waals surface area contributed by atoms with Crippen LogP contribution in [0.4, 0.5) is 18.2 Å². The Morgan fingerprint density at radius 3 is 2.48 bits per heavy atom. The van der Waals surface area contributed by atoms with Crippen LogP contribution in [0.3, 0.4) is 0 Å². The van der Waals surface area contributed by atoms with Gasteiger partial charge in [-0.15, -0.1) is 11.3 Å². The van der Waals surface area contributed by atoms with Crippen LogP contribution in [0.2, 0.25) is 5.02 Å². The van der Waals surface area contributed by atoms with Crippen molar-refractivity contribution in [1.82, 2.24) is 15.2 Å². The molecule has 7 nitrogen and oxygen atoms in total. The molecule has 0 atom stereocenters. The van der Waals surface area contributed by atoms with E-state index in [0.29, 0.717) is 17.1 Å². The Morgan fingerprint density at radius 1 is 1.07 bits per heavy atom. The van der Waals surface area contributed by atoms with Crippen molar-refractivity contribution >= 4 is 46.0 Å². The van der Waals surface area contributed by atoms with Crippen LogP contribution in [0.25, 0.3) is 0 Å². The molecular weight excluding hydrogens is 611 g/mol. The van der Waals surface area contributed by atoms with Crippen LogP contribution in [0.1, 0.15) is 81.0 Å². The van der Waals surface area contributed by atoms with E-state index in [1.807, 2.05) is 25.1 Å². The summed E-state index contributed by atoms with van der Waals surface area (Å²) in [6.07, 6.45) is -0.0835. The maximum Gasteiger partial charge on any atom is 0.417 e. The first-order valence-electron chi connectivity index (χ1n) is 14.7. The van der Waals surface area contributed by atoms with Crippen molar-refractivity contribution in [2.45, 2.75) is 59.3 Å². The lowest BCUT2D eigenvalue weighted by Crippen LogP contribution is -2.29. The Kier molecular flexibility index (Phi) is 11.6. The van der Waals surface area contributed by atoms with Crippen molar-refractivity contribution in [2.24, 2.45) is 5.10 Å². The molecule has 1 aliphatic rings. The van der Waals surface area contributed by atoms with Gasteiger partial charge in [-0.2, -0.15) is 18.3 Å². The van der Waals surface area contributed by atoms with Gasteiger partial charge in [0.25, 0.3) is 11.8 Å². The second kappa shape index (κ2) is 15.2. The molecule has 1 aliphatic heterocycles. The predicted molar refractivity (Wildman–Crippen MR) is 171 cm³/mol. The highest BCUT2D eigenvalue weighted by molar-refractivity contribution is 7.17. The molecule has 0 spiro atoms. The molecule has 0 bridgehead atoms. The van der Waals surface area contributed by atoms with Gasteiger partial charge in [-0.1, -0.05) is 50.1 Å². The van der Waals surface area contributed by atoms with Gasteiger partial charge in [-0.25, -0.2) is 5.43 Å². The molecule has 0 radical (unpaired) electrons. The summed E-state index contributed by atoms with van der Waals surface area (Å²) in [5, 5.41) is 6.83. The number of piperidine rings is 1. The van der Waals surface area contributed by atoms with Gasteiger partial charge in [-0.05, 0) is 86.9 Å². The first kappa shape index (κ1) is 33.6. The van der Waals surface area contributed by atoms with Gasteiger partial charge >= 0.3 is 6.18 Å². The zero-order valence-corrected chi connectivity index (χ0v) is 26.6. The highest BCUT2D eigenvalue weighted by Crippen LogP contribution is 2.36. The van der Waals surface area contributed by atoms with Gasteiger partial charge in [-0.3, -0.25) is 19.4 Å². The van der Waals surface area contributed by atoms with Crippen molar-refractivity contribution in [3.8, 4) is 0 Å². The molecule has 2 aromatic carbocycles. The fraction of sp³-hybridized carbons (Fsp3) is 0.406. The van der Waals surface area contributed by atoms with E-state index < -0.39 is 22.7 Å². The predicted octanol–water partition coefficient (Wildman–Crippen LogP) is 7.57. The van der Waals surface area contributed by atoms with Crippen LogP contribution >= 0.6 is 22.9 Å². The highest BCUT2D eigenvalue weighted by Gasteiger charge is 2.33. The molecule has 1 aromatic heterocycles. The molecule has 3 aromatic rings. The van der Waals surface area contributed by atoms with Gasteiger partial charge in [0.15, 0.2) is 0 Å². The molecular formula is C32H37ClF3N5O2S. The molecule has 0 aliphatic carbocycles. The highest BCUT2D eigenvalue weighted by atomic mass is 35.5. The summed E-state index contributed by atoms with van der Waals surface area (Å²) < 4.78 is 39.8. The molecule has 44 heavy (non-hydrogen) atoms. The van der Waals surface area contributed by atoms with E-state index in [4.69, 9.17) is 11.6 Å². The molecule has 2 amide bonds. The number of hydrazone groups is 1. The number of rotatable bonds is 11. The monoisotopic (exact) mass is 647 g/mol. The van der Waals surface area contributed by atoms with Crippen molar-refractivity contribution in [3.05, 3.63) is 85.7 Å². The van der Waals surface area contributed by atoms with Gasteiger partial charge in [0.05, 0.1) is 22.4 Å². The number of carbonyl (C=O) groups is 2. The van der Waals surface area contributed by atoms with E-state index >= 15 is 0 Å². The number of alkyl halides is 3. The third-order valence-electron chi connectivity index (χ3n) is 7.68. The topological polar surface area (TPSA) is 77.0 Å². The molecule has 2 N–H and O–H groups in total. The summed E-state index contributed by atoms with van der Waals surface area (Å²) in [5.41, 5.74) is 4.05. The van der Waals surface area contributed by atoms with Crippen LogP contribution in [-0.2, 0) is 19.3 Å². The van der Waals surface area contributed by atoms with Crippen LogP contribution in [0.5, 0.6) is 0 Å². The lowest BCUT2D eigenvalue weighted by Gasteiger charge is -2.26. The standard InChI is InChI=1S/C32H37ClF3N5O2S/c1-4-40(5-2)19-23-10-9-11-24(16-23)29(42)38-31-28(21(3)27(44-31)20-41-14-7-6-8-15-41)30(43)39-37-18-22-12-13-26(33)25(17-22)32(34,35)36/h9-13,16-18H,4-8,14-15,19-20H2,1-3H3,(H,38,42)(H,39,43). The van der Waals surface area contributed by atoms with Gasteiger partial charge in [0.2, 0.25) is 0 Å². The van der Waals surface area contributed by atoms with Crippen molar-refractivity contribution in [3.63, 3.8) is 0 Å². The average Bonchev–Trinajstić information content (AvgIpc) is 3.30. The van der Waals surface area contributed by atoms with E-state index in [2.05, 4.69) is 39.5 Å². The number of thiophene rings is 1. The molecule has 236 valence electrons. The molecule has 0 unspecified atom stereocenters. The lowest BCUT2D eigenvalue weighted by molar-refractivity contribution is -0.137. The number of nitrogens with zero attached hydrogens (tertiary/aromatic N) is 3. The summed E-state index contributed by atoms with van der Waals surface area (Å²) in [5.74, 6) is -0.911. The summed E-state index contributed by atoms with van der Waals surface area (Å²) in [6, 6.07) is 10.8. The third kappa shape index (κ3) is 8.68.